The number of aryl methyl sites for hydroxylation is 1. The Labute approximate surface area is 171 Å². The Bertz CT molecular complexity index is 1030. The SMILES string of the molecule is COC[C@H](C)n1cc(CN=O)c2nc(-c3ccc(C(C)C)nc3OC)c(C)cc21. The number of rotatable bonds is 8. The summed E-state index contributed by atoms with van der Waals surface area (Å²) in [6.07, 6.45) is 1.95. The zero-order valence-electron chi connectivity index (χ0n) is 17.9. The van der Waals surface area contributed by atoms with Gasteiger partial charge in [-0.15, -0.1) is 0 Å². The molecule has 0 bridgehead atoms. The minimum Gasteiger partial charge on any atom is -0.480 e. The number of methoxy groups -OCH3 is 2. The van der Waals surface area contributed by atoms with E-state index in [9.17, 15) is 4.91 Å². The Morgan fingerprint density at radius 2 is 1.93 bits per heavy atom. The zero-order valence-corrected chi connectivity index (χ0v) is 17.9. The lowest BCUT2D eigenvalue weighted by atomic mass is 10.0. The first kappa shape index (κ1) is 20.9. The molecule has 0 radical (unpaired) electrons. The number of hydrogen-bond acceptors (Lipinski definition) is 6. The molecular weight excluding hydrogens is 368 g/mol. The molecule has 0 N–H and O–H groups in total. The highest BCUT2D eigenvalue weighted by Crippen LogP contribution is 2.34. The van der Waals surface area contributed by atoms with Crippen LogP contribution in [-0.2, 0) is 11.3 Å². The molecule has 0 amide bonds. The number of aromatic nitrogens is 3. The smallest absolute Gasteiger partial charge is 0.222 e. The van der Waals surface area contributed by atoms with Crippen LogP contribution in [0.15, 0.2) is 29.6 Å². The Balaban J connectivity index is 2.21. The molecule has 0 aliphatic heterocycles. The number of ether oxygens (including phenoxy) is 2. The van der Waals surface area contributed by atoms with Crippen molar-refractivity contribution in [3.05, 3.63) is 46.1 Å². The molecule has 0 saturated carbocycles. The van der Waals surface area contributed by atoms with Crippen molar-refractivity contribution in [3.8, 4) is 17.1 Å². The maximum atomic E-state index is 11.0. The van der Waals surface area contributed by atoms with Gasteiger partial charge in [-0.05, 0) is 43.5 Å². The lowest BCUT2D eigenvalue weighted by Crippen LogP contribution is -2.10. The summed E-state index contributed by atoms with van der Waals surface area (Å²) in [5.74, 6) is 0.851. The third-order valence-corrected chi connectivity index (χ3v) is 5.11. The summed E-state index contributed by atoms with van der Waals surface area (Å²) < 4.78 is 13.0. The van der Waals surface area contributed by atoms with Gasteiger partial charge in [-0.25, -0.2) is 9.97 Å². The van der Waals surface area contributed by atoms with Crippen molar-refractivity contribution in [2.24, 2.45) is 5.18 Å². The molecule has 0 unspecified atom stereocenters. The van der Waals surface area contributed by atoms with Gasteiger partial charge in [0.15, 0.2) is 0 Å². The molecule has 29 heavy (non-hydrogen) atoms. The van der Waals surface area contributed by atoms with Crippen LogP contribution in [0, 0.1) is 11.8 Å². The number of nitrogens with zero attached hydrogens (tertiary/aromatic N) is 4. The summed E-state index contributed by atoms with van der Waals surface area (Å²) in [6, 6.07) is 6.21. The van der Waals surface area contributed by atoms with Gasteiger partial charge in [0.25, 0.3) is 0 Å². The van der Waals surface area contributed by atoms with Crippen LogP contribution in [0.4, 0.5) is 0 Å². The average Bonchev–Trinajstić information content (AvgIpc) is 3.04. The summed E-state index contributed by atoms with van der Waals surface area (Å²) >= 11 is 0. The van der Waals surface area contributed by atoms with Gasteiger partial charge in [-0.3, -0.25) is 0 Å². The van der Waals surface area contributed by atoms with Gasteiger partial charge >= 0.3 is 0 Å². The van der Waals surface area contributed by atoms with E-state index in [1.165, 1.54) is 0 Å². The summed E-state index contributed by atoms with van der Waals surface area (Å²) in [6.45, 7) is 8.92. The standard InChI is InChI=1S/C22H28N4O3/c1-13(2)18-8-7-17(22(24-18)29-6)20-14(3)9-19-21(25-20)16(10-23-27)11-26(19)15(4)12-28-5/h7-9,11,13,15H,10,12H2,1-6H3/t15-/m0/s1. The van der Waals surface area contributed by atoms with E-state index in [0.717, 1.165) is 39.1 Å². The molecule has 154 valence electrons. The molecule has 3 rings (SSSR count). The van der Waals surface area contributed by atoms with Crippen LogP contribution < -0.4 is 4.74 Å². The molecule has 0 aromatic carbocycles. The molecule has 7 heteroatoms. The monoisotopic (exact) mass is 396 g/mol. The third-order valence-electron chi connectivity index (χ3n) is 5.11. The Morgan fingerprint density at radius 1 is 1.17 bits per heavy atom. The van der Waals surface area contributed by atoms with Crippen LogP contribution in [0.3, 0.4) is 0 Å². The van der Waals surface area contributed by atoms with Crippen molar-refractivity contribution >= 4 is 11.0 Å². The highest BCUT2D eigenvalue weighted by molar-refractivity contribution is 5.85. The first-order valence-corrected chi connectivity index (χ1v) is 9.75. The maximum Gasteiger partial charge on any atom is 0.222 e. The molecule has 7 nitrogen and oxygen atoms in total. The van der Waals surface area contributed by atoms with Gasteiger partial charge in [-0.2, -0.15) is 4.91 Å². The number of hydrogen-bond donors (Lipinski definition) is 0. The number of nitroso groups, excluding NO2 is 1. The molecule has 3 aromatic heterocycles. The predicted octanol–water partition coefficient (Wildman–Crippen LogP) is 5.01. The fourth-order valence-electron chi connectivity index (χ4n) is 3.59. The predicted molar refractivity (Wildman–Crippen MR) is 114 cm³/mol. The van der Waals surface area contributed by atoms with Crippen molar-refractivity contribution in [1.29, 1.82) is 0 Å². The summed E-state index contributed by atoms with van der Waals surface area (Å²) in [4.78, 5) is 20.6. The maximum absolute atomic E-state index is 11.0. The first-order valence-electron chi connectivity index (χ1n) is 9.75. The van der Waals surface area contributed by atoms with E-state index >= 15 is 0 Å². The molecule has 0 saturated heterocycles. The normalized spacial score (nSPS) is 12.5. The van der Waals surface area contributed by atoms with E-state index in [-0.39, 0.29) is 12.6 Å². The lowest BCUT2D eigenvalue weighted by molar-refractivity contribution is 0.164. The first-order chi connectivity index (χ1) is 13.9. The second kappa shape index (κ2) is 8.69. The highest BCUT2D eigenvalue weighted by atomic mass is 16.5. The highest BCUT2D eigenvalue weighted by Gasteiger charge is 2.19. The van der Waals surface area contributed by atoms with E-state index in [1.807, 2.05) is 25.3 Å². The van der Waals surface area contributed by atoms with Crippen LogP contribution in [0.2, 0.25) is 0 Å². The van der Waals surface area contributed by atoms with Gasteiger partial charge in [0.2, 0.25) is 5.88 Å². The van der Waals surface area contributed by atoms with Crippen LogP contribution in [0.25, 0.3) is 22.3 Å². The molecule has 0 fully saturated rings. The minimum absolute atomic E-state index is 0.0698. The van der Waals surface area contributed by atoms with Gasteiger partial charge < -0.3 is 14.0 Å². The van der Waals surface area contributed by atoms with E-state index in [1.54, 1.807) is 14.2 Å². The van der Waals surface area contributed by atoms with E-state index < -0.39 is 0 Å². The average molecular weight is 396 g/mol. The Kier molecular flexibility index (Phi) is 6.27. The van der Waals surface area contributed by atoms with E-state index in [0.29, 0.717) is 18.4 Å². The van der Waals surface area contributed by atoms with E-state index in [2.05, 4.69) is 41.6 Å². The van der Waals surface area contributed by atoms with Crippen LogP contribution >= 0.6 is 0 Å². The minimum atomic E-state index is 0.0698. The number of pyridine rings is 2. The molecule has 0 aliphatic carbocycles. The summed E-state index contributed by atoms with van der Waals surface area (Å²) in [7, 11) is 3.30. The molecule has 0 aliphatic rings. The molecular formula is C22H28N4O3. The van der Waals surface area contributed by atoms with Crippen molar-refractivity contribution in [2.75, 3.05) is 20.8 Å². The fraction of sp³-hybridized carbons (Fsp3) is 0.455. The lowest BCUT2D eigenvalue weighted by Gasteiger charge is -2.16. The Hall–Kier alpha value is -2.80. The van der Waals surface area contributed by atoms with Gasteiger partial charge in [-0.1, -0.05) is 19.0 Å². The van der Waals surface area contributed by atoms with Crippen molar-refractivity contribution in [2.45, 2.75) is 46.2 Å². The van der Waals surface area contributed by atoms with Crippen molar-refractivity contribution < 1.29 is 9.47 Å². The fourth-order valence-corrected chi connectivity index (χ4v) is 3.59. The second-order valence-electron chi connectivity index (χ2n) is 7.62. The van der Waals surface area contributed by atoms with Crippen LogP contribution in [0.5, 0.6) is 5.88 Å². The largest absolute Gasteiger partial charge is 0.480 e. The molecule has 3 heterocycles. The molecule has 1 atom stereocenters. The van der Waals surface area contributed by atoms with Gasteiger partial charge in [0.05, 0.1) is 42.0 Å². The van der Waals surface area contributed by atoms with Gasteiger partial charge in [0, 0.05) is 24.6 Å². The van der Waals surface area contributed by atoms with Gasteiger partial charge in [0.1, 0.15) is 6.54 Å². The summed E-state index contributed by atoms with van der Waals surface area (Å²) in [5.41, 5.74) is 6.12. The van der Waals surface area contributed by atoms with Crippen LogP contribution in [0.1, 0.15) is 49.6 Å². The molecule has 3 aromatic rings. The topological polar surface area (TPSA) is 78.6 Å². The van der Waals surface area contributed by atoms with E-state index in [4.69, 9.17) is 14.5 Å². The molecule has 0 spiro atoms. The quantitative estimate of drug-likeness (QED) is 0.500. The third kappa shape index (κ3) is 4.00. The van der Waals surface area contributed by atoms with Crippen molar-refractivity contribution in [1.82, 2.24) is 14.5 Å². The second-order valence-corrected chi connectivity index (χ2v) is 7.62. The van der Waals surface area contributed by atoms with Crippen LogP contribution in [-0.4, -0.2) is 35.4 Å². The number of fused-ring (bicyclic) bond motifs is 1. The zero-order chi connectivity index (χ0) is 21.1. The Morgan fingerprint density at radius 3 is 2.55 bits per heavy atom. The van der Waals surface area contributed by atoms with Crippen molar-refractivity contribution in [3.63, 3.8) is 0 Å². The summed E-state index contributed by atoms with van der Waals surface area (Å²) in [5, 5.41) is 3.09.